The second-order valence-electron chi connectivity index (χ2n) is 13.5. The normalized spacial score (nSPS) is 54.1. The number of aliphatic hydroxyl groups is 1. The van der Waals surface area contributed by atoms with Crippen molar-refractivity contribution in [1.29, 1.82) is 0 Å². The van der Waals surface area contributed by atoms with Gasteiger partial charge in [-0.3, -0.25) is 4.79 Å². The second-order valence-corrected chi connectivity index (χ2v) is 13.5. The Balaban J connectivity index is 1.33. The molecular weight excluding hydrogens is 440 g/mol. The predicted molar refractivity (Wildman–Crippen MR) is 130 cm³/mol. The molecule has 5 heteroatoms. The van der Waals surface area contributed by atoms with E-state index in [0.717, 1.165) is 44.9 Å². The van der Waals surface area contributed by atoms with Crippen LogP contribution in [-0.2, 0) is 19.1 Å². The Labute approximate surface area is 208 Å². The first-order valence-corrected chi connectivity index (χ1v) is 13.7. The molecule has 2 bridgehead atoms. The lowest BCUT2D eigenvalue weighted by molar-refractivity contribution is -0.152. The van der Waals surface area contributed by atoms with Crippen LogP contribution in [-0.4, -0.2) is 34.9 Å². The Morgan fingerprint density at radius 3 is 2.63 bits per heavy atom. The molecule has 7 aliphatic rings. The summed E-state index contributed by atoms with van der Waals surface area (Å²) in [7, 11) is 0. The van der Waals surface area contributed by atoms with E-state index in [9.17, 15) is 14.7 Å². The van der Waals surface area contributed by atoms with Crippen molar-refractivity contribution in [2.24, 2.45) is 46.3 Å². The van der Waals surface area contributed by atoms with Crippen LogP contribution in [0.5, 0.6) is 0 Å². The van der Waals surface area contributed by atoms with Crippen LogP contribution in [0, 0.1) is 46.3 Å². The van der Waals surface area contributed by atoms with Crippen LogP contribution in [0.3, 0.4) is 0 Å². The Morgan fingerprint density at radius 1 is 1.09 bits per heavy atom. The van der Waals surface area contributed by atoms with Crippen LogP contribution in [0.15, 0.2) is 34.9 Å². The number of fused-ring (bicyclic) bond motifs is 9. The fourth-order valence-corrected chi connectivity index (χ4v) is 10.4. The Kier molecular flexibility index (Phi) is 4.28. The van der Waals surface area contributed by atoms with Crippen LogP contribution in [0.2, 0.25) is 0 Å². The molecule has 2 heterocycles. The summed E-state index contributed by atoms with van der Waals surface area (Å²) < 4.78 is 12.0. The van der Waals surface area contributed by atoms with Gasteiger partial charge in [0.05, 0.1) is 11.0 Å². The van der Waals surface area contributed by atoms with Crippen molar-refractivity contribution in [1.82, 2.24) is 0 Å². The summed E-state index contributed by atoms with van der Waals surface area (Å²) in [4.78, 5) is 26.4. The monoisotopic (exact) mass is 478 g/mol. The maximum atomic E-state index is 14.0. The van der Waals surface area contributed by atoms with Gasteiger partial charge in [0, 0.05) is 22.8 Å². The largest absolute Gasteiger partial charge is 0.458 e. The zero-order valence-electron chi connectivity index (χ0n) is 21.4. The molecule has 0 radical (unpaired) electrons. The maximum absolute atomic E-state index is 14.0. The van der Waals surface area contributed by atoms with Gasteiger partial charge < -0.3 is 14.6 Å². The number of esters is 2. The Morgan fingerprint density at radius 2 is 1.86 bits per heavy atom. The third kappa shape index (κ3) is 2.54. The zero-order valence-corrected chi connectivity index (χ0v) is 21.4. The average Bonchev–Trinajstić information content (AvgIpc) is 3.43. The van der Waals surface area contributed by atoms with Crippen LogP contribution < -0.4 is 0 Å². The molecule has 5 aliphatic carbocycles. The molecule has 2 saturated carbocycles. The first-order chi connectivity index (χ1) is 16.5. The number of rotatable bonds is 0. The highest BCUT2D eigenvalue weighted by Crippen LogP contribution is 2.75. The maximum Gasteiger partial charge on any atom is 0.334 e. The van der Waals surface area contributed by atoms with E-state index in [2.05, 4.69) is 33.4 Å². The van der Waals surface area contributed by atoms with Gasteiger partial charge in [0.15, 0.2) is 0 Å². The molecule has 7 rings (SSSR count). The zero-order chi connectivity index (χ0) is 24.7. The van der Waals surface area contributed by atoms with E-state index < -0.39 is 11.0 Å². The van der Waals surface area contributed by atoms with Gasteiger partial charge >= 0.3 is 11.9 Å². The number of allylic oxidation sites excluding steroid dienone is 3. The molecular formula is C30H38O5. The van der Waals surface area contributed by atoms with Crippen molar-refractivity contribution in [3.05, 3.63) is 34.9 Å². The van der Waals surface area contributed by atoms with E-state index in [0.29, 0.717) is 23.3 Å². The van der Waals surface area contributed by atoms with Gasteiger partial charge in [-0.2, -0.15) is 0 Å². The van der Waals surface area contributed by atoms with Gasteiger partial charge in [0.1, 0.15) is 12.2 Å². The lowest BCUT2D eigenvalue weighted by Gasteiger charge is -2.47. The molecule has 0 aromatic carbocycles. The molecule has 5 nitrogen and oxygen atoms in total. The summed E-state index contributed by atoms with van der Waals surface area (Å²) in [5.41, 5.74) is 3.25. The molecule has 0 aromatic heterocycles. The number of carbonyl (C=O) groups excluding carboxylic acids is 2. The fourth-order valence-electron chi connectivity index (χ4n) is 10.4. The highest BCUT2D eigenvalue weighted by atomic mass is 16.6. The molecule has 4 fully saturated rings. The van der Waals surface area contributed by atoms with E-state index >= 15 is 0 Å². The van der Waals surface area contributed by atoms with Crippen molar-refractivity contribution in [3.63, 3.8) is 0 Å². The van der Waals surface area contributed by atoms with Crippen molar-refractivity contribution in [3.8, 4) is 0 Å². The highest BCUT2D eigenvalue weighted by molar-refractivity contribution is 5.91. The average molecular weight is 479 g/mol. The SMILES string of the molecule is C=C1C(=O)O[C@H]2C[C@H](C)C3=C(C[C@H]12)[C@@]1(C)C[C@@H]3C[C@@]12C(=O)O[C@H]1C=C(C)[C@H]3CC[C@@](C)(O)[C@@H]3C[C@@H]12. The smallest absolute Gasteiger partial charge is 0.334 e. The van der Waals surface area contributed by atoms with E-state index in [-0.39, 0.29) is 47.3 Å². The van der Waals surface area contributed by atoms with Gasteiger partial charge in [-0.25, -0.2) is 4.79 Å². The summed E-state index contributed by atoms with van der Waals surface area (Å²) in [6, 6.07) is 0. The van der Waals surface area contributed by atoms with Gasteiger partial charge in [-0.1, -0.05) is 37.1 Å². The van der Waals surface area contributed by atoms with E-state index in [1.165, 1.54) is 16.7 Å². The van der Waals surface area contributed by atoms with Gasteiger partial charge in [-0.15, -0.1) is 0 Å². The van der Waals surface area contributed by atoms with E-state index in [1.54, 1.807) is 0 Å². The molecule has 188 valence electrons. The number of ether oxygens (including phenoxy) is 2. The standard InChI is InChI=1S/C30H38O5/c1-14-8-24-21(11-20-18(14)6-7-29(20,5)33)30(27(32)35-24)13-17-12-28(30,4)22-10-19-16(3)26(31)34-23(19)9-15(2)25(17)22/h8,15,17-21,23-24,33H,3,6-7,9-13H2,1-2,4-5H3/t15-,17+,18+,19+,20+,21-,23-,24-,28+,29+,30+/m0/s1. The minimum atomic E-state index is -0.701. The third-order valence-electron chi connectivity index (χ3n) is 12.0. The molecule has 0 amide bonds. The summed E-state index contributed by atoms with van der Waals surface area (Å²) >= 11 is 0. The minimum absolute atomic E-state index is 0.00937. The Bertz CT molecular complexity index is 1130. The lowest BCUT2D eigenvalue weighted by atomic mass is 9.53. The summed E-state index contributed by atoms with van der Waals surface area (Å²) in [6.07, 6.45) is 8.05. The number of hydrogen-bond acceptors (Lipinski definition) is 5. The third-order valence-corrected chi connectivity index (χ3v) is 12.0. The summed E-state index contributed by atoms with van der Waals surface area (Å²) in [5, 5.41) is 11.3. The van der Waals surface area contributed by atoms with Crippen molar-refractivity contribution < 1.29 is 24.2 Å². The number of hydrogen-bond donors (Lipinski definition) is 1. The van der Waals surface area contributed by atoms with Crippen LogP contribution >= 0.6 is 0 Å². The van der Waals surface area contributed by atoms with Crippen LogP contribution in [0.1, 0.15) is 72.6 Å². The predicted octanol–water partition coefficient (Wildman–Crippen LogP) is 4.90. The summed E-state index contributed by atoms with van der Waals surface area (Å²) in [6.45, 7) is 12.9. The molecule has 1 N–H and O–H groups in total. The number of carbonyl (C=O) groups is 2. The molecule has 2 saturated heterocycles. The van der Waals surface area contributed by atoms with Crippen molar-refractivity contribution >= 4 is 11.9 Å². The minimum Gasteiger partial charge on any atom is -0.458 e. The van der Waals surface area contributed by atoms with Gasteiger partial charge in [-0.05, 0) is 88.5 Å². The molecule has 2 aliphatic heterocycles. The summed E-state index contributed by atoms with van der Waals surface area (Å²) in [5.74, 6) is 1.06. The van der Waals surface area contributed by atoms with E-state index in [1.807, 2.05) is 6.92 Å². The van der Waals surface area contributed by atoms with Crippen molar-refractivity contribution in [2.75, 3.05) is 0 Å². The first kappa shape index (κ1) is 22.3. The highest BCUT2D eigenvalue weighted by Gasteiger charge is 2.74. The van der Waals surface area contributed by atoms with E-state index in [4.69, 9.17) is 9.47 Å². The van der Waals surface area contributed by atoms with Crippen molar-refractivity contribution in [2.45, 2.75) is 90.4 Å². The second kappa shape index (κ2) is 6.70. The van der Waals surface area contributed by atoms with Crippen LogP contribution in [0.25, 0.3) is 0 Å². The molecule has 35 heavy (non-hydrogen) atoms. The topological polar surface area (TPSA) is 72.8 Å². The quantitative estimate of drug-likeness (QED) is 0.305. The molecule has 11 atom stereocenters. The Hall–Kier alpha value is -1.88. The van der Waals surface area contributed by atoms with Crippen LogP contribution in [0.4, 0.5) is 0 Å². The molecule has 1 spiro atoms. The fraction of sp³-hybridized carbons (Fsp3) is 0.733. The van der Waals surface area contributed by atoms with Gasteiger partial charge in [0.25, 0.3) is 0 Å². The lowest BCUT2D eigenvalue weighted by Crippen LogP contribution is -2.48. The molecule has 0 aromatic rings. The molecule has 0 unspecified atom stereocenters. The van der Waals surface area contributed by atoms with Gasteiger partial charge in [0.2, 0.25) is 0 Å². The first-order valence-electron chi connectivity index (χ1n) is 13.7.